The lowest BCUT2D eigenvalue weighted by molar-refractivity contribution is 0.00400. The van der Waals surface area contributed by atoms with Gasteiger partial charge in [-0.05, 0) is 37.0 Å². The maximum absolute atomic E-state index is 13.1. The molecule has 0 atom stereocenters. The summed E-state index contributed by atoms with van der Waals surface area (Å²) in [4.78, 5) is 17.7. The van der Waals surface area contributed by atoms with Gasteiger partial charge in [-0.1, -0.05) is 12.1 Å². The van der Waals surface area contributed by atoms with E-state index in [1.807, 2.05) is 4.90 Å². The fourth-order valence-electron chi connectivity index (χ4n) is 3.12. The highest BCUT2D eigenvalue weighted by Gasteiger charge is 2.26. The molecule has 1 aliphatic rings. The van der Waals surface area contributed by atoms with Gasteiger partial charge in [-0.2, -0.15) is 0 Å². The maximum Gasteiger partial charge on any atom is 0.256 e. The molecule has 0 bridgehead atoms. The highest BCUT2D eigenvalue weighted by atomic mass is 19.1. The average molecular weight is 346 g/mol. The van der Waals surface area contributed by atoms with Gasteiger partial charge in [0.25, 0.3) is 5.91 Å². The summed E-state index contributed by atoms with van der Waals surface area (Å²) in [5.74, 6) is -0.315. The normalized spacial score (nSPS) is 15.5. The van der Waals surface area contributed by atoms with E-state index >= 15 is 0 Å². The molecule has 0 unspecified atom stereocenters. The number of amides is 1. The van der Waals surface area contributed by atoms with Crippen molar-refractivity contribution in [3.63, 3.8) is 0 Å². The van der Waals surface area contributed by atoms with Crippen LogP contribution in [-0.4, -0.2) is 53.3 Å². The molecule has 2 heterocycles. The molecule has 6 heteroatoms. The van der Waals surface area contributed by atoms with Crippen LogP contribution in [0.2, 0.25) is 0 Å². The molecule has 1 aromatic carbocycles. The van der Waals surface area contributed by atoms with Gasteiger partial charge in [0.1, 0.15) is 5.82 Å². The van der Waals surface area contributed by atoms with Crippen LogP contribution < -0.4 is 0 Å². The Kier molecular flexibility index (Phi) is 5.83. The number of aromatic amines is 1. The molecule has 25 heavy (non-hydrogen) atoms. The van der Waals surface area contributed by atoms with Gasteiger partial charge in [-0.25, -0.2) is 4.39 Å². The van der Waals surface area contributed by atoms with Crippen LogP contribution in [0.4, 0.5) is 4.39 Å². The molecular weight excluding hydrogens is 323 g/mol. The van der Waals surface area contributed by atoms with E-state index in [4.69, 9.17) is 9.84 Å². The minimum absolute atomic E-state index is 0.0191. The number of halogens is 1. The zero-order chi connectivity index (χ0) is 17.6. The van der Waals surface area contributed by atoms with E-state index in [1.165, 1.54) is 12.1 Å². The van der Waals surface area contributed by atoms with Crippen LogP contribution in [0.15, 0.2) is 36.7 Å². The average Bonchev–Trinajstić information content (AvgIpc) is 3.12. The fourth-order valence-corrected chi connectivity index (χ4v) is 3.12. The van der Waals surface area contributed by atoms with Crippen molar-refractivity contribution in [3.05, 3.63) is 48.0 Å². The SMILES string of the molecule is O=C(c1c[nH]cc1-c1ccc(F)cc1)N1CCC(OCCCO)CC1. The summed E-state index contributed by atoms with van der Waals surface area (Å²) in [6.45, 7) is 1.99. The fraction of sp³-hybridized carbons (Fsp3) is 0.421. The number of nitrogens with one attached hydrogen (secondary N) is 1. The van der Waals surface area contributed by atoms with Crippen molar-refractivity contribution in [2.45, 2.75) is 25.4 Å². The number of carbonyl (C=O) groups excluding carboxylic acids is 1. The van der Waals surface area contributed by atoms with Gasteiger partial charge in [0.05, 0.1) is 11.7 Å². The smallest absolute Gasteiger partial charge is 0.256 e. The predicted octanol–water partition coefficient (Wildman–Crippen LogP) is 2.82. The van der Waals surface area contributed by atoms with Gasteiger partial charge in [0.2, 0.25) is 0 Å². The van der Waals surface area contributed by atoms with Gasteiger partial charge >= 0.3 is 0 Å². The van der Waals surface area contributed by atoms with Gasteiger partial charge in [-0.3, -0.25) is 4.79 Å². The third-order valence-electron chi connectivity index (χ3n) is 4.52. The molecule has 134 valence electrons. The lowest BCUT2D eigenvalue weighted by atomic mass is 10.0. The van der Waals surface area contributed by atoms with Crippen LogP contribution in [0, 0.1) is 5.82 Å². The Labute approximate surface area is 146 Å². The molecule has 2 N–H and O–H groups in total. The predicted molar refractivity (Wildman–Crippen MR) is 92.8 cm³/mol. The Morgan fingerprint density at radius 1 is 1.24 bits per heavy atom. The van der Waals surface area contributed by atoms with Crippen molar-refractivity contribution in [2.24, 2.45) is 0 Å². The van der Waals surface area contributed by atoms with E-state index in [9.17, 15) is 9.18 Å². The number of ether oxygens (including phenoxy) is 1. The molecule has 2 aromatic rings. The third-order valence-corrected chi connectivity index (χ3v) is 4.52. The molecule has 1 fully saturated rings. The van der Waals surface area contributed by atoms with E-state index in [1.54, 1.807) is 24.5 Å². The number of hydrogen-bond donors (Lipinski definition) is 2. The third kappa shape index (κ3) is 4.27. The van der Waals surface area contributed by atoms with Gasteiger partial charge in [-0.15, -0.1) is 0 Å². The summed E-state index contributed by atoms with van der Waals surface area (Å²) in [6, 6.07) is 6.14. The number of aliphatic hydroxyl groups excluding tert-OH is 1. The largest absolute Gasteiger partial charge is 0.396 e. The van der Waals surface area contributed by atoms with Crippen molar-refractivity contribution in [1.29, 1.82) is 0 Å². The number of H-pyrrole nitrogens is 1. The Hall–Kier alpha value is -2.18. The first-order valence-corrected chi connectivity index (χ1v) is 8.63. The van der Waals surface area contributed by atoms with Crippen LogP contribution in [0.25, 0.3) is 11.1 Å². The van der Waals surface area contributed by atoms with Crippen LogP contribution in [0.5, 0.6) is 0 Å². The van der Waals surface area contributed by atoms with Gasteiger partial charge in [0, 0.05) is 44.3 Å². The monoisotopic (exact) mass is 346 g/mol. The molecule has 1 aliphatic heterocycles. The van der Waals surface area contributed by atoms with Crippen LogP contribution in [0.1, 0.15) is 29.6 Å². The number of rotatable bonds is 6. The number of likely N-dealkylation sites (tertiary alicyclic amines) is 1. The quantitative estimate of drug-likeness (QED) is 0.791. The number of aromatic nitrogens is 1. The summed E-state index contributed by atoms with van der Waals surface area (Å²) < 4.78 is 18.8. The van der Waals surface area contributed by atoms with Crippen molar-refractivity contribution in [2.75, 3.05) is 26.3 Å². The van der Waals surface area contributed by atoms with E-state index < -0.39 is 0 Å². The van der Waals surface area contributed by atoms with Crippen molar-refractivity contribution >= 4 is 5.91 Å². The summed E-state index contributed by atoms with van der Waals surface area (Å²) in [7, 11) is 0. The number of piperidine rings is 1. The van der Waals surface area contributed by atoms with Crippen LogP contribution >= 0.6 is 0 Å². The van der Waals surface area contributed by atoms with E-state index in [0.29, 0.717) is 31.7 Å². The second-order valence-electron chi connectivity index (χ2n) is 6.23. The minimum atomic E-state index is -0.296. The highest BCUT2D eigenvalue weighted by molar-refractivity contribution is 6.00. The number of hydrogen-bond acceptors (Lipinski definition) is 3. The summed E-state index contributed by atoms with van der Waals surface area (Å²) in [5.41, 5.74) is 2.20. The Bertz CT molecular complexity index is 691. The van der Waals surface area contributed by atoms with Crippen molar-refractivity contribution in [1.82, 2.24) is 9.88 Å². The topological polar surface area (TPSA) is 65.6 Å². The zero-order valence-corrected chi connectivity index (χ0v) is 14.1. The minimum Gasteiger partial charge on any atom is -0.396 e. The number of aliphatic hydroxyl groups is 1. The molecule has 5 nitrogen and oxygen atoms in total. The summed E-state index contributed by atoms with van der Waals surface area (Å²) in [5, 5.41) is 8.79. The maximum atomic E-state index is 13.1. The van der Waals surface area contributed by atoms with Crippen molar-refractivity contribution in [3.8, 4) is 11.1 Å². The number of nitrogens with zero attached hydrogens (tertiary/aromatic N) is 1. The Morgan fingerprint density at radius 2 is 1.96 bits per heavy atom. The molecule has 0 radical (unpaired) electrons. The zero-order valence-electron chi connectivity index (χ0n) is 14.1. The standard InChI is InChI=1S/C19H23FN2O3/c20-15-4-2-14(3-5-15)17-12-21-13-18(17)19(24)22-8-6-16(7-9-22)25-11-1-10-23/h2-5,12-13,16,21,23H,1,6-11H2. The first-order valence-electron chi connectivity index (χ1n) is 8.63. The van der Waals surface area contributed by atoms with Crippen molar-refractivity contribution < 1.29 is 19.0 Å². The van der Waals surface area contributed by atoms with E-state index in [2.05, 4.69) is 4.98 Å². The Balaban J connectivity index is 1.63. The summed E-state index contributed by atoms with van der Waals surface area (Å²) >= 11 is 0. The van der Waals surface area contributed by atoms with E-state index in [0.717, 1.165) is 24.0 Å². The van der Waals surface area contributed by atoms with Crippen LogP contribution in [-0.2, 0) is 4.74 Å². The second kappa shape index (κ2) is 8.27. The van der Waals surface area contributed by atoms with Gasteiger partial charge < -0.3 is 19.7 Å². The first kappa shape index (κ1) is 17.6. The van der Waals surface area contributed by atoms with Gasteiger partial charge in [0.15, 0.2) is 0 Å². The molecule has 1 amide bonds. The lowest BCUT2D eigenvalue weighted by Gasteiger charge is -2.32. The molecule has 1 aromatic heterocycles. The lowest BCUT2D eigenvalue weighted by Crippen LogP contribution is -2.41. The Morgan fingerprint density at radius 3 is 2.64 bits per heavy atom. The first-order chi connectivity index (χ1) is 12.2. The molecule has 0 aliphatic carbocycles. The highest BCUT2D eigenvalue weighted by Crippen LogP contribution is 2.26. The molecular formula is C19H23FN2O3. The van der Waals surface area contributed by atoms with E-state index in [-0.39, 0.29) is 24.4 Å². The molecule has 3 rings (SSSR count). The molecule has 0 spiro atoms. The van der Waals surface area contributed by atoms with Crippen LogP contribution in [0.3, 0.4) is 0 Å². The molecule has 0 saturated carbocycles. The number of benzene rings is 1. The summed E-state index contributed by atoms with van der Waals surface area (Å²) in [6.07, 6.45) is 5.86. The molecule has 1 saturated heterocycles. The number of carbonyl (C=O) groups is 1. The second-order valence-corrected chi connectivity index (χ2v) is 6.23.